The van der Waals surface area contributed by atoms with Crippen molar-refractivity contribution in [3.8, 4) is 0 Å². The van der Waals surface area contributed by atoms with Gasteiger partial charge in [-0.3, -0.25) is 4.79 Å². The smallest absolute Gasteiger partial charge is 0.330 e. The van der Waals surface area contributed by atoms with E-state index in [9.17, 15) is 30.0 Å². The quantitative estimate of drug-likeness (QED) is 0.0168. The molecule has 2 unspecified atom stereocenters. The van der Waals surface area contributed by atoms with Crippen molar-refractivity contribution in [2.24, 2.45) is 0 Å². The molecule has 55 heavy (non-hydrogen) atoms. The highest BCUT2D eigenvalue weighted by Gasteiger charge is 2.44. The van der Waals surface area contributed by atoms with Crippen LogP contribution in [0, 0.1) is 0 Å². The molecule has 10 heteroatoms. The molecule has 314 valence electrons. The Labute approximate surface area is 332 Å². The van der Waals surface area contributed by atoms with Crippen molar-refractivity contribution in [3.63, 3.8) is 0 Å². The van der Waals surface area contributed by atoms with Crippen LogP contribution in [0.3, 0.4) is 0 Å². The minimum absolute atomic E-state index is 0.155. The van der Waals surface area contributed by atoms with Crippen LogP contribution in [-0.2, 0) is 28.5 Å². The number of carbonyl (C=O) groups is 2. The zero-order valence-corrected chi connectivity index (χ0v) is 33.9. The fourth-order valence-electron chi connectivity index (χ4n) is 5.86. The van der Waals surface area contributed by atoms with Gasteiger partial charge in [-0.05, 0) is 57.8 Å². The Morgan fingerprint density at radius 3 is 1.82 bits per heavy atom. The molecule has 0 aromatic rings. The second-order valence-electron chi connectivity index (χ2n) is 14.1. The van der Waals surface area contributed by atoms with E-state index in [0.29, 0.717) is 6.42 Å². The van der Waals surface area contributed by atoms with Gasteiger partial charge in [0.25, 0.3) is 0 Å². The fraction of sp³-hybridized carbons (Fsp3) is 0.689. The van der Waals surface area contributed by atoms with Gasteiger partial charge >= 0.3 is 11.9 Å². The van der Waals surface area contributed by atoms with Crippen LogP contribution >= 0.6 is 0 Å². The predicted molar refractivity (Wildman–Crippen MR) is 219 cm³/mol. The molecule has 4 N–H and O–H groups in total. The number of ether oxygens (including phenoxy) is 4. The Hall–Kier alpha value is -2.86. The molecule has 6 atom stereocenters. The SMILES string of the molecule is CC/C=C/C/C=C/C/C=C/C/C=C/CCCCC(=O)O[C@@H](COC(=O)/C=C/C=C/CCCCCCCCCCCCC)CO[C@H]1O[C@@H](CO)[C@@H](O)C(O)C1O. The third kappa shape index (κ3) is 27.4. The van der Waals surface area contributed by atoms with Crippen molar-refractivity contribution >= 4 is 11.9 Å². The molecule has 0 saturated carbocycles. The van der Waals surface area contributed by atoms with Crippen molar-refractivity contribution in [3.05, 3.63) is 72.9 Å². The maximum absolute atomic E-state index is 12.7. The molecule has 1 fully saturated rings. The first-order valence-corrected chi connectivity index (χ1v) is 21.0. The standard InChI is InChI=1S/C45H74O10/c1-3-5-7-9-11-13-15-17-19-21-23-25-27-29-31-33-40(47)52-36-38(37-53-45-44(51)43(50)42(49)39(35-46)55-45)54-41(48)34-32-30-28-26-24-22-20-18-16-14-12-10-8-6-4-2/h6,8,12,14,18,20,24,26-27,29,31,33,38-39,42-46,49-51H,3-5,7,9-11,13,15-17,19,21-23,25,28,30,32,34-37H2,1-2H3/b8-6+,14-12+,20-18+,26-24+,29-27+,33-31+/t38-,39-,42+,43?,44?,45-/m0/s1. The highest BCUT2D eigenvalue weighted by molar-refractivity contribution is 5.82. The van der Waals surface area contributed by atoms with Crippen molar-refractivity contribution in [1.82, 2.24) is 0 Å². The second kappa shape index (κ2) is 35.5. The molecule has 0 aromatic carbocycles. The Morgan fingerprint density at radius 1 is 0.636 bits per heavy atom. The number of carbonyl (C=O) groups excluding carboxylic acids is 2. The second-order valence-corrected chi connectivity index (χ2v) is 14.1. The highest BCUT2D eigenvalue weighted by atomic mass is 16.7. The summed E-state index contributed by atoms with van der Waals surface area (Å²) in [5.41, 5.74) is 0. The monoisotopic (exact) mass is 775 g/mol. The summed E-state index contributed by atoms with van der Waals surface area (Å²) in [4.78, 5) is 25.1. The summed E-state index contributed by atoms with van der Waals surface area (Å²) in [5, 5.41) is 40.0. The first-order valence-electron chi connectivity index (χ1n) is 21.0. The van der Waals surface area contributed by atoms with E-state index < -0.39 is 55.4 Å². The number of hydrogen-bond acceptors (Lipinski definition) is 10. The molecule has 1 aliphatic rings. The normalized spacial score (nSPS) is 21.3. The topological polar surface area (TPSA) is 152 Å². The summed E-state index contributed by atoms with van der Waals surface area (Å²) in [7, 11) is 0. The Kier molecular flexibility index (Phi) is 32.4. The zero-order chi connectivity index (χ0) is 40.2. The fourth-order valence-corrected chi connectivity index (χ4v) is 5.86. The summed E-state index contributed by atoms with van der Waals surface area (Å²) < 4.78 is 21.9. The van der Waals surface area contributed by atoms with Gasteiger partial charge in [0.1, 0.15) is 31.0 Å². The molecular formula is C45H74O10. The van der Waals surface area contributed by atoms with Gasteiger partial charge in [0.2, 0.25) is 0 Å². The number of rotatable bonds is 33. The molecule has 0 amide bonds. The third-order valence-corrected chi connectivity index (χ3v) is 9.18. The molecule has 1 heterocycles. The third-order valence-electron chi connectivity index (χ3n) is 9.18. The summed E-state index contributed by atoms with van der Waals surface area (Å²) >= 11 is 0. The van der Waals surface area contributed by atoms with Crippen LogP contribution < -0.4 is 0 Å². The lowest BCUT2D eigenvalue weighted by Crippen LogP contribution is -2.59. The van der Waals surface area contributed by atoms with E-state index in [1.165, 1.54) is 70.3 Å². The number of unbranched alkanes of at least 4 members (excludes halogenated alkanes) is 13. The van der Waals surface area contributed by atoms with Crippen LogP contribution in [0.4, 0.5) is 0 Å². The van der Waals surface area contributed by atoms with Gasteiger partial charge in [0.15, 0.2) is 12.4 Å². The Balaban J connectivity index is 2.45. The van der Waals surface area contributed by atoms with Gasteiger partial charge in [0.05, 0.1) is 13.2 Å². The van der Waals surface area contributed by atoms with Crippen LogP contribution in [0.5, 0.6) is 0 Å². The summed E-state index contributed by atoms with van der Waals surface area (Å²) in [5.74, 6) is -1.12. The lowest BCUT2D eigenvalue weighted by Gasteiger charge is -2.39. The molecule has 1 saturated heterocycles. The number of esters is 2. The van der Waals surface area contributed by atoms with Gasteiger partial charge in [-0.15, -0.1) is 0 Å². The van der Waals surface area contributed by atoms with Gasteiger partial charge in [-0.2, -0.15) is 0 Å². The molecule has 0 aromatic heterocycles. The van der Waals surface area contributed by atoms with Crippen LogP contribution in [0.15, 0.2) is 72.9 Å². The number of aliphatic hydroxyl groups excluding tert-OH is 4. The minimum Gasteiger partial charge on any atom is -0.458 e. The first-order chi connectivity index (χ1) is 26.8. The molecule has 0 bridgehead atoms. The number of aliphatic hydroxyl groups is 4. The van der Waals surface area contributed by atoms with E-state index in [2.05, 4.69) is 62.5 Å². The van der Waals surface area contributed by atoms with Crippen molar-refractivity contribution in [1.29, 1.82) is 0 Å². The van der Waals surface area contributed by atoms with Gasteiger partial charge in [-0.25, -0.2) is 4.79 Å². The van der Waals surface area contributed by atoms with E-state index in [1.54, 1.807) is 6.08 Å². The molecule has 1 rings (SSSR count). The minimum atomic E-state index is -1.62. The average molecular weight is 775 g/mol. The molecule has 10 nitrogen and oxygen atoms in total. The molecule has 0 spiro atoms. The zero-order valence-electron chi connectivity index (χ0n) is 33.9. The summed E-state index contributed by atoms with van der Waals surface area (Å²) in [6, 6.07) is 0. The average Bonchev–Trinajstić information content (AvgIpc) is 3.18. The summed E-state index contributed by atoms with van der Waals surface area (Å²) in [6.07, 6.45) is 36.9. The Morgan fingerprint density at radius 2 is 1.20 bits per heavy atom. The number of allylic oxidation sites excluding steroid dienone is 11. The first kappa shape index (κ1) is 50.2. The predicted octanol–water partition coefficient (Wildman–Crippen LogP) is 8.44. The molecular weight excluding hydrogens is 700 g/mol. The van der Waals surface area contributed by atoms with Gasteiger partial charge < -0.3 is 39.4 Å². The van der Waals surface area contributed by atoms with Crippen LogP contribution in [0.25, 0.3) is 0 Å². The van der Waals surface area contributed by atoms with Gasteiger partial charge in [0, 0.05) is 12.5 Å². The van der Waals surface area contributed by atoms with Crippen LogP contribution in [-0.4, -0.2) is 89.0 Å². The van der Waals surface area contributed by atoms with E-state index in [4.69, 9.17) is 18.9 Å². The van der Waals surface area contributed by atoms with Crippen LogP contribution in [0.2, 0.25) is 0 Å². The maximum atomic E-state index is 12.7. The van der Waals surface area contributed by atoms with Crippen molar-refractivity contribution in [2.75, 3.05) is 19.8 Å². The summed E-state index contributed by atoms with van der Waals surface area (Å²) in [6.45, 7) is 3.12. The van der Waals surface area contributed by atoms with Gasteiger partial charge in [-0.1, -0.05) is 145 Å². The molecule has 0 radical (unpaired) electrons. The Bertz CT molecular complexity index is 1120. The molecule has 1 aliphatic heterocycles. The lowest BCUT2D eigenvalue weighted by atomic mass is 9.99. The van der Waals surface area contributed by atoms with Crippen molar-refractivity contribution < 1.29 is 49.0 Å². The maximum Gasteiger partial charge on any atom is 0.330 e. The molecule has 0 aliphatic carbocycles. The van der Waals surface area contributed by atoms with E-state index in [-0.39, 0.29) is 19.6 Å². The van der Waals surface area contributed by atoms with E-state index in [0.717, 1.165) is 51.4 Å². The van der Waals surface area contributed by atoms with Crippen molar-refractivity contribution in [2.45, 2.75) is 179 Å². The lowest BCUT2D eigenvalue weighted by molar-refractivity contribution is -0.305. The largest absolute Gasteiger partial charge is 0.458 e. The highest BCUT2D eigenvalue weighted by Crippen LogP contribution is 2.22. The van der Waals surface area contributed by atoms with E-state index >= 15 is 0 Å². The van der Waals surface area contributed by atoms with E-state index in [1.807, 2.05) is 12.2 Å². The van der Waals surface area contributed by atoms with Crippen LogP contribution in [0.1, 0.15) is 142 Å². The number of hydrogen-bond donors (Lipinski definition) is 4.